The maximum Gasteiger partial charge on any atom is 0.248 e. The van der Waals surface area contributed by atoms with Crippen LogP contribution in [0.25, 0.3) is 0 Å². The lowest BCUT2D eigenvalue weighted by atomic mass is 9.89. The van der Waals surface area contributed by atoms with Gasteiger partial charge in [0.2, 0.25) is 11.8 Å². The molecule has 4 nitrogen and oxygen atoms in total. The first kappa shape index (κ1) is 14.6. The van der Waals surface area contributed by atoms with Crippen molar-refractivity contribution in [3.05, 3.63) is 0 Å². The highest BCUT2D eigenvalue weighted by molar-refractivity contribution is 5.99. The van der Waals surface area contributed by atoms with E-state index in [0.717, 1.165) is 0 Å². The molecule has 1 aliphatic heterocycles. The number of hydrogen-bond acceptors (Lipinski definition) is 2. The van der Waals surface area contributed by atoms with Crippen LogP contribution < -0.4 is 5.32 Å². The van der Waals surface area contributed by atoms with Gasteiger partial charge < -0.3 is 10.2 Å². The zero-order chi connectivity index (χ0) is 13.9. The maximum absolute atomic E-state index is 12.6. The number of amides is 2. The summed E-state index contributed by atoms with van der Waals surface area (Å²) in [7, 11) is 0. The molecule has 3 atom stereocenters. The smallest absolute Gasteiger partial charge is 0.248 e. The highest BCUT2D eigenvalue weighted by Crippen LogP contribution is 2.25. The molecule has 0 radical (unpaired) electrons. The van der Waals surface area contributed by atoms with Crippen LogP contribution in [0.4, 0.5) is 0 Å². The first-order chi connectivity index (χ1) is 8.41. The van der Waals surface area contributed by atoms with Crippen molar-refractivity contribution in [2.24, 2.45) is 0 Å². The summed E-state index contributed by atoms with van der Waals surface area (Å²) in [5.41, 5.74) is -0.800. The lowest BCUT2D eigenvalue weighted by Crippen LogP contribution is -2.70. The van der Waals surface area contributed by atoms with Gasteiger partial charge in [-0.15, -0.1) is 12.3 Å². The molecule has 0 aromatic heterocycles. The lowest BCUT2D eigenvalue weighted by molar-refractivity contribution is -0.157. The average molecular weight is 250 g/mol. The normalized spacial score (nSPS) is 29.7. The van der Waals surface area contributed by atoms with Crippen molar-refractivity contribution in [1.29, 1.82) is 0 Å². The topological polar surface area (TPSA) is 49.4 Å². The van der Waals surface area contributed by atoms with Crippen molar-refractivity contribution < 1.29 is 9.59 Å². The Balaban J connectivity index is 3.10. The Bertz CT molecular complexity index is 386. The standard InChI is InChI=1S/C14H22N2O2/c1-6-9-10(4)16-11(7-2)12(17)15-14(5,8-3)13(16)18/h1,10-11H,7-9H2,2-5H3,(H,15,17). The Morgan fingerprint density at radius 1 is 1.50 bits per heavy atom. The first-order valence-corrected chi connectivity index (χ1v) is 6.49. The van der Waals surface area contributed by atoms with Gasteiger partial charge in [-0.2, -0.15) is 0 Å². The van der Waals surface area contributed by atoms with E-state index in [1.807, 2.05) is 20.8 Å². The van der Waals surface area contributed by atoms with E-state index in [2.05, 4.69) is 11.2 Å². The van der Waals surface area contributed by atoms with Crippen LogP contribution >= 0.6 is 0 Å². The van der Waals surface area contributed by atoms with Crippen molar-refractivity contribution in [1.82, 2.24) is 10.2 Å². The van der Waals surface area contributed by atoms with Crippen LogP contribution in [0.2, 0.25) is 0 Å². The van der Waals surface area contributed by atoms with Crippen LogP contribution in [0.15, 0.2) is 0 Å². The summed E-state index contributed by atoms with van der Waals surface area (Å²) in [6.45, 7) is 7.47. The molecule has 18 heavy (non-hydrogen) atoms. The molecule has 0 aromatic rings. The van der Waals surface area contributed by atoms with Crippen LogP contribution in [0.1, 0.15) is 47.0 Å². The minimum Gasteiger partial charge on any atom is -0.340 e. The molecule has 4 heteroatoms. The van der Waals surface area contributed by atoms with Gasteiger partial charge in [-0.3, -0.25) is 9.59 Å². The molecule has 0 saturated carbocycles. The second kappa shape index (κ2) is 5.43. The van der Waals surface area contributed by atoms with E-state index in [-0.39, 0.29) is 17.9 Å². The van der Waals surface area contributed by atoms with Crippen molar-refractivity contribution in [2.75, 3.05) is 0 Å². The van der Waals surface area contributed by atoms with Crippen LogP contribution in [0, 0.1) is 12.3 Å². The van der Waals surface area contributed by atoms with E-state index in [9.17, 15) is 9.59 Å². The third-order valence-corrected chi connectivity index (χ3v) is 3.73. The van der Waals surface area contributed by atoms with E-state index in [4.69, 9.17) is 6.42 Å². The highest BCUT2D eigenvalue weighted by Gasteiger charge is 2.47. The monoisotopic (exact) mass is 250 g/mol. The number of hydrogen-bond donors (Lipinski definition) is 1. The maximum atomic E-state index is 12.6. The largest absolute Gasteiger partial charge is 0.340 e. The van der Waals surface area contributed by atoms with Crippen LogP contribution in [-0.4, -0.2) is 34.3 Å². The fourth-order valence-electron chi connectivity index (χ4n) is 2.36. The molecule has 0 aromatic carbocycles. The zero-order valence-corrected chi connectivity index (χ0v) is 11.6. The predicted molar refractivity (Wildman–Crippen MR) is 70.7 cm³/mol. The molecule has 2 amide bonds. The van der Waals surface area contributed by atoms with E-state index in [1.165, 1.54) is 0 Å². The van der Waals surface area contributed by atoms with Gasteiger partial charge >= 0.3 is 0 Å². The van der Waals surface area contributed by atoms with Gasteiger partial charge in [0.05, 0.1) is 0 Å². The molecule has 3 unspecified atom stereocenters. The number of rotatable bonds is 4. The molecule has 1 fully saturated rings. The van der Waals surface area contributed by atoms with Gasteiger partial charge in [0.15, 0.2) is 0 Å². The van der Waals surface area contributed by atoms with E-state index in [1.54, 1.807) is 11.8 Å². The Morgan fingerprint density at radius 2 is 2.11 bits per heavy atom. The minimum atomic E-state index is -0.800. The predicted octanol–water partition coefficient (Wildman–Crippen LogP) is 1.30. The van der Waals surface area contributed by atoms with E-state index in [0.29, 0.717) is 19.3 Å². The molecule has 1 rings (SSSR count). The number of carbonyl (C=O) groups is 2. The van der Waals surface area contributed by atoms with Gasteiger partial charge in [-0.1, -0.05) is 13.8 Å². The minimum absolute atomic E-state index is 0.0285. The Hall–Kier alpha value is -1.50. The molecule has 0 bridgehead atoms. The van der Waals surface area contributed by atoms with Crippen molar-refractivity contribution in [3.8, 4) is 12.3 Å². The van der Waals surface area contributed by atoms with Crippen LogP contribution in [0.5, 0.6) is 0 Å². The number of carbonyl (C=O) groups excluding carboxylic acids is 2. The fraction of sp³-hybridized carbons (Fsp3) is 0.714. The molecule has 1 aliphatic rings. The molecular weight excluding hydrogens is 228 g/mol. The second-order valence-corrected chi connectivity index (χ2v) is 5.07. The van der Waals surface area contributed by atoms with Gasteiger partial charge in [0.1, 0.15) is 11.6 Å². The summed E-state index contributed by atoms with van der Waals surface area (Å²) in [6, 6.07) is -0.509. The second-order valence-electron chi connectivity index (χ2n) is 5.07. The summed E-state index contributed by atoms with van der Waals surface area (Å²) in [6.07, 6.45) is 6.96. The number of terminal acetylenes is 1. The van der Waals surface area contributed by atoms with Gasteiger partial charge in [0.25, 0.3) is 0 Å². The molecule has 1 N–H and O–H groups in total. The molecule has 100 valence electrons. The average Bonchev–Trinajstić information content (AvgIpc) is 2.33. The summed E-state index contributed by atoms with van der Waals surface area (Å²) in [5.74, 6) is 2.46. The van der Waals surface area contributed by atoms with E-state index < -0.39 is 11.6 Å². The Labute approximate surface area is 109 Å². The van der Waals surface area contributed by atoms with Crippen molar-refractivity contribution >= 4 is 11.8 Å². The highest BCUT2D eigenvalue weighted by atomic mass is 16.2. The summed E-state index contributed by atoms with van der Waals surface area (Å²) < 4.78 is 0. The van der Waals surface area contributed by atoms with Crippen LogP contribution in [0.3, 0.4) is 0 Å². The van der Waals surface area contributed by atoms with Gasteiger partial charge in [0, 0.05) is 12.5 Å². The summed E-state index contributed by atoms with van der Waals surface area (Å²) >= 11 is 0. The lowest BCUT2D eigenvalue weighted by Gasteiger charge is -2.46. The third-order valence-electron chi connectivity index (χ3n) is 3.73. The number of nitrogens with zero attached hydrogens (tertiary/aromatic N) is 1. The third kappa shape index (κ3) is 2.35. The quantitative estimate of drug-likeness (QED) is 0.765. The van der Waals surface area contributed by atoms with Gasteiger partial charge in [-0.05, 0) is 26.7 Å². The summed E-state index contributed by atoms with van der Waals surface area (Å²) in [5, 5.41) is 2.84. The van der Waals surface area contributed by atoms with Gasteiger partial charge in [-0.25, -0.2) is 0 Å². The molecular formula is C14H22N2O2. The molecule has 1 heterocycles. The zero-order valence-electron chi connectivity index (χ0n) is 11.6. The van der Waals surface area contributed by atoms with Crippen molar-refractivity contribution in [2.45, 2.75) is 64.6 Å². The Morgan fingerprint density at radius 3 is 2.56 bits per heavy atom. The van der Waals surface area contributed by atoms with Crippen LogP contribution in [-0.2, 0) is 9.59 Å². The van der Waals surface area contributed by atoms with E-state index >= 15 is 0 Å². The SMILES string of the molecule is C#CCC(C)N1C(=O)C(C)(CC)NC(=O)C1CC. The first-order valence-electron chi connectivity index (χ1n) is 6.49. The molecule has 0 spiro atoms. The number of nitrogens with one attached hydrogen (secondary N) is 1. The molecule has 0 aliphatic carbocycles. The number of piperazine rings is 1. The molecule has 1 saturated heterocycles. The fourth-order valence-corrected chi connectivity index (χ4v) is 2.36. The van der Waals surface area contributed by atoms with Crippen molar-refractivity contribution in [3.63, 3.8) is 0 Å². The summed E-state index contributed by atoms with van der Waals surface area (Å²) in [4.78, 5) is 26.3. The Kier molecular flexibility index (Phi) is 4.39.